The van der Waals surface area contributed by atoms with Gasteiger partial charge in [0, 0.05) is 18.5 Å². The molecule has 0 saturated heterocycles. The first-order valence-electron chi connectivity index (χ1n) is 7.59. The van der Waals surface area contributed by atoms with Crippen molar-refractivity contribution < 1.29 is 0 Å². The first-order chi connectivity index (χ1) is 9.67. The Bertz CT molecular complexity index is 570. The second kappa shape index (κ2) is 6.60. The van der Waals surface area contributed by atoms with Gasteiger partial charge in [-0.3, -0.25) is 0 Å². The fourth-order valence-corrected chi connectivity index (χ4v) is 2.50. The van der Waals surface area contributed by atoms with Crippen molar-refractivity contribution in [2.24, 2.45) is 0 Å². The molecular weight excluding hydrogens is 246 g/mol. The van der Waals surface area contributed by atoms with Crippen molar-refractivity contribution in [1.29, 1.82) is 0 Å². The molecule has 0 atom stereocenters. The van der Waals surface area contributed by atoms with E-state index >= 15 is 0 Å². The Morgan fingerprint density at radius 2 is 2.00 bits per heavy atom. The number of benzene rings is 1. The minimum atomic E-state index is 0.813. The van der Waals surface area contributed by atoms with E-state index in [9.17, 15) is 0 Å². The lowest BCUT2D eigenvalue weighted by atomic mass is 10.1. The molecule has 2 N–H and O–H groups in total. The van der Waals surface area contributed by atoms with Crippen molar-refractivity contribution in [2.75, 3.05) is 5.73 Å². The van der Waals surface area contributed by atoms with E-state index in [1.54, 1.807) is 0 Å². The van der Waals surface area contributed by atoms with Crippen LogP contribution in [0, 0.1) is 6.92 Å². The Morgan fingerprint density at radius 3 is 2.65 bits per heavy atom. The van der Waals surface area contributed by atoms with Gasteiger partial charge in [-0.25, -0.2) is 4.98 Å². The zero-order valence-corrected chi connectivity index (χ0v) is 12.8. The molecule has 0 spiro atoms. The van der Waals surface area contributed by atoms with Gasteiger partial charge in [-0.1, -0.05) is 44.0 Å². The Labute approximate surface area is 121 Å². The predicted molar refractivity (Wildman–Crippen MR) is 85.7 cm³/mol. The van der Waals surface area contributed by atoms with Crippen molar-refractivity contribution in [3.05, 3.63) is 35.7 Å². The summed E-state index contributed by atoms with van der Waals surface area (Å²) in [5, 5.41) is 0. The number of aryl methyl sites for hydroxylation is 2. The summed E-state index contributed by atoms with van der Waals surface area (Å²) in [6, 6.07) is 8.40. The van der Waals surface area contributed by atoms with Crippen LogP contribution in [0.4, 0.5) is 5.82 Å². The molecule has 0 amide bonds. The molecule has 3 nitrogen and oxygen atoms in total. The van der Waals surface area contributed by atoms with E-state index in [0.29, 0.717) is 0 Å². The molecule has 3 heteroatoms. The molecule has 0 bridgehead atoms. The van der Waals surface area contributed by atoms with Gasteiger partial charge in [-0.05, 0) is 25.8 Å². The summed E-state index contributed by atoms with van der Waals surface area (Å²) in [6.07, 6.45) is 4.39. The Kier molecular flexibility index (Phi) is 4.83. The third-order valence-corrected chi connectivity index (χ3v) is 3.59. The Morgan fingerprint density at radius 1 is 1.20 bits per heavy atom. The van der Waals surface area contributed by atoms with Gasteiger partial charge in [-0.2, -0.15) is 0 Å². The smallest absolute Gasteiger partial charge is 0.131 e. The van der Waals surface area contributed by atoms with Crippen LogP contribution in [0.2, 0.25) is 0 Å². The maximum absolute atomic E-state index is 6.36. The van der Waals surface area contributed by atoms with Crippen LogP contribution in [0.15, 0.2) is 24.3 Å². The number of hydrogen-bond acceptors (Lipinski definition) is 2. The summed E-state index contributed by atoms with van der Waals surface area (Å²) in [5.74, 6) is 1.93. The highest BCUT2D eigenvalue weighted by molar-refractivity contribution is 5.71. The normalized spacial score (nSPS) is 10.9. The van der Waals surface area contributed by atoms with Gasteiger partial charge in [0.05, 0.1) is 0 Å². The van der Waals surface area contributed by atoms with Gasteiger partial charge in [0.25, 0.3) is 0 Å². The highest BCUT2D eigenvalue weighted by atomic mass is 15.1. The number of nitrogens with zero attached hydrogens (tertiary/aromatic N) is 2. The molecule has 0 aliphatic rings. The lowest BCUT2D eigenvalue weighted by Gasteiger charge is -2.08. The summed E-state index contributed by atoms with van der Waals surface area (Å²) in [4.78, 5) is 4.80. The summed E-state index contributed by atoms with van der Waals surface area (Å²) in [6.45, 7) is 7.45. The van der Waals surface area contributed by atoms with Crippen LogP contribution in [0.25, 0.3) is 11.3 Å². The van der Waals surface area contributed by atoms with Crippen molar-refractivity contribution >= 4 is 5.82 Å². The third kappa shape index (κ3) is 3.03. The summed E-state index contributed by atoms with van der Waals surface area (Å²) >= 11 is 0. The molecule has 0 unspecified atom stereocenters. The summed E-state index contributed by atoms with van der Waals surface area (Å²) in [7, 11) is 0. The predicted octanol–water partition coefficient (Wildman–Crippen LogP) is 4.19. The molecule has 1 aromatic heterocycles. The number of imidazole rings is 1. The van der Waals surface area contributed by atoms with Gasteiger partial charge < -0.3 is 10.3 Å². The van der Waals surface area contributed by atoms with Gasteiger partial charge in [0.15, 0.2) is 0 Å². The van der Waals surface area contributed by atoms with Gasteiger partial charge >= 0.3 is 0 Å². The van der Waals surface area contributed by atoms with Gasteiger partial charge in [0.2, 0.25) is 0 Å². The Hall–Kier alpha value is -1.77. The van der Waals surface area contributed by atoms with Crippen LogP contribution in [0.5, 0.6) is 0 Å². The van der Waals surface area contributed by atoms with E-state index < -0.39 is 0 Å². The van der Waals surface area contributed by atoms with Crippen LogP contribution >= 0.6 is 0 Å². The highest BCUT2D eigenvalue weighted by Gasteiger charge is 2.15. The topological polar surface area (TPSA) is 43.8 Å². The zero-order valence-electron chi connectivity index (χ0n) is 12.8. The number of rotatable bonds is 6. The molecule has 0 radical (unpaired) electrons. The fourth-order valence-electron chi connectivity index (χ4n) is 2.50. The first-order valence-corrected chi connectivity index (χ1v) is 7.59. The lowest BCUT2D eigenvalue weighted by Crippen LogP contribution is -2.07. The maximum Gasteiger partial charge on any atom is 0.131 e. The molecule has 2 aromatic rings. The van der Waals surface area contributed by atoms with E-state index in [2.05, 4.69) is 49.6 Å². The van der Waals surface area contributed by atoms with Crippen LogP contribution in [-0.2, 0) is 13.0 Å². The molecule has 0 saturated carbocycles. The summed E-state index contributed by atoms with van der Waals surface area (Å²) < 4.78 is 2.20. The van der Waals surface area contributed by atoms with Gasteiger partial charge in [0.1, 0.15) is 17.3 Å². The SMILES string of the molecule is CCCCn1c(CCC)nc(-c2cccc(C)c2)c1N. The molecular formula is C17H25N3. The average molecular weight is 271 g/mol. The number of hydrogen-bond donors (Lipinski definition) is 1. The number of aromatic nitrogens is 2. The van der Waals surface area contributed by atoms with Crippen molar-refractivity contribution in [3.8, 4) is 11.3 Å². The van der Waals surface area contributed by atoms with E-state index in [4.69, 9.17) is 10.7 Å². The maximum atomic E-state index is 6.36. The summed E-state index contributed by atoms with van der Waals surface area (Å²) in [5.41, 5.74) is 9.65. The van der Waals surface area contributed by atoms with Crippen LogP contribution in [0.3, 0.4) is 0 Å². The van der Waals surface area contributed by atoms with Crippen LogP contribution in [0.1, 0.15) is 44.5 Å². The van der Waals surface area contributed by atoms with E-state index in [0.717, 1.165) is 48.7 Å². The highest BCUT2D eigenvalue weighted by Crippen LogP contribution is 2.28. The third-order valence-electron chi connectivity index (χ3n) is 3.59. The van der Waals surface area contributed by atoms with Gasteiger partial charge in [-0.15, -0.1) is 0 Å². The van der Waals surface area contributed by atoms with Crippen LogP contribution in [-0.4, -0.2) is 9.55 Å². The molecule has 108 valence electrons. The van der Waals surface area contributed by atoms with E-state index in [-0.39, 0.29) is 0 Å². The number of nitrogens with two attached hydrogens (primary N) is 1. The second-order valence-corrected chi connectivity index (χ2v) is 5.39. The van der Waals surface area contributed by atoms with E-state index in [1.807, 2.05) is 0 Å². The number of anilines is 1. The second-order valence-electron chi connectivity index (χ2n) is 5.39. The number of unbranched alkanes of at least 4 members (excludes halogenated alkanes) is 1. The standard InChI is InChI=1S/C17H25N3/c1-4-6-11-20-15(8-5-2)19-16(17(20)18)14-10-7-9-13(3)12-14/h7,9-10,12H,4-6,8,11,18H2,1-3H3. The first kappa shape index (κ1) is 14.6. The molecule has 20 heavy (non-hydrogen) atoms. The number of nitrogen functional groups attached to an aromatic ring is 1. The van der Waals surface area contributed by atoms with Crippen molar-refractivity contribution in [3.63, 3.8) is 0 Å². The largest absolute Gasteiger partial charge is 0.383 e. The molecule has 1 aromatic carbocycles. The minimum absolute atomic E-state index is 0.813. The fraction of sp³-hybridized carbons (Fsp3) is 0.471. The lowest BCUT2D eigenvalue weighted by molar-refractivity contribution is 0.604. The quantitative estimate of drug-likeness (QED) is 0.856. The molecule has 2 rings (SSSR count). The average Bonchev–Trinajstić information content (AvgIpc) is 2.74. The molecule has 1 heterocycles. The molecule has 0 aliphatic carbocycles. The van der Waals surface area contributed by atoms with Crippen LogP contribution < -0.4 is 5.73 Å². The molecule has 0 aliphatic heterocycles. The van der Waals surface area contributed by atoms with Crippen molar-refractivity contribution in [2.45, 2.75) is 53.0 Å². The molecule has 0 fully saturated rings. The Balaban J connectivity index is 2.43. The monoisotopic (exact) mass is 271 g/mol. The van der Waals surface area contributed by atoms with Crippen molar-refractivity contribution in [1.82, 2.24) is 9.55 Å². The van der Waals surface area contributed by atoms with E-state index in [1.165, 1.54) is 12.0 Å². The minimum Gasteiger partial charge on any atom is -0.383 e. The zero-order chi connectivity index (χ0) is 14.5.